The summed E-state index contributed by atoms with van der Waals surface area (Å²) in [5, 5.41) is 9.56. The van der Waals surface area contributed by atoms with E-state index in [1.54, 1.807) is 18.7 Å². The van der Waals surface area contributed by atoms with E-state index >= 15 is 0 Å². The van der Waals surface area contributed by atoms with Crippen LogP contribution in [0.15, 0.2) is 59.0 Å². The minimum absolute atomic E-state index is 0.249. The van der Waals surface area contributed by atoms with Gasteiger partial charge >= 0.3 is 12.4 Å². The molecule has 0 atom stereocenters. The fourth-order valence-corrected chi connectivity index (χ4v) is 3.61. The molecule has 0 bridgehead atoms. The van der Waals surface area contributed by atoms with Crippen LogP contribution in [0, 0.1) is 6.92 Å². The predicted octanol–water partition coefficient (Wildman–Crippen LogP) is 6.11. The second kappa shape index (κ2) is 9.69. The molecule has 4 nitrogen and oxygen atoms in total. The van der Waals surface area contributed by atoms with Gasteiger partial charge in [-0.2, -0.15) is 26.3 Å². The molecule has 0 saturated carbocycles. The van der Waals surface area contributed by atoms with Crippen molar-refractivity contribution >= 4 is 5.69 Å². The second-order valence-corrected chi connectivity index (χ2v) is 7.86. The van der Waals surface area contributed by atoms with E-state index in [4.69, 9.17) is 4.42 Å². The van der Waals surface area contributed by atoms with Gasteiger partial charge in [0, 0.05) is 24.2 Å². The highest BCUT2D eigenvalue weighted by Gasteiger charge is 2.71. The Kier molecular flexibility index (Phi) is 7.30. The van der Waals surface area contributed by atoms with Crippen LogP contribution < -0.4 is 4.90 Å². The molecule has 0 aliphatic carbocycles. The summed E-state index contributed by atoms with van der Waals surface area (Å²) in [6.07, 6.45) is -10.5. The van der Waals surface area contributed by atoms with Crippen LogP contribution in [0.25, 0.3) is 0 Å². The number of benzene rings is 2. The van der Waals surface area contributed by atoms with Crippen LogP contribution in [0.1, 0.15) is 35.4 Å². The number of hydrogen-bond donors (Lipinski definition) is 1. The zero-order valence-electron chi connectivity index (χ0n) is 18.5. The molecule has 1 aromatic heterocycles. The van der Waals surface area contributed by atoms with Crippen molar-refractivity contribution in [3.05, 3.63) is 83.1 Å². The summed E-state index contributed by atoms with van der Waals surface area (Å²) in [5.41, 5.74) is -4.12. The Hall–Kier alpha value is -3.01. The fraction of sp³-hybridized carbons (Fsp3) is 0.375. The lowest BCUT2D eigenvalue weighted by Gasteiger charge is -2.33. The van der Waals surface area contributed by atoms with Gasteiger partial charge < -0.3 is 14.4 Å². The lowest BCUT2D eigenvalue weighted by atomic mass is 9.92. The van der Waals surface area contributed by atoms with Crippen LogP contribution in [0.4, 0.5) is 32.0 Å². The minimum Gasteiger partial charge on any atom is -0.446 e. The molecule has 0 saturated heterocycles. The molecular weight excluding hydrogens is 462 g/mol. The van der Waals surface area contributed by atoms with E-state index in [2.05, 4.69) is 4.98 Å². The Labute approximate surface area is 192 Å². The lowest BCUT2D eigenvalue weighted by Crippen LogP contribution is -2.53. The predicted molar refractivity (Wildman–Crippen MR) is 114 cm³/mol. The van der Waals surface area contributed by atoms with Crippen molar-refractivity contribution in [2.24, 2.45) is 0 Å². The quantitative estimate of drug-likeness (QED) is 0.391. The van der Waals surface area contributed by atoms with E-state index in [1.165, 1.54) is 0 Å². The second-order valence-electron chi connectivity index (χ2n) is 7.86. The molecule has 184 valence electrons. The Balaban J connectivity index is 1.77. The molecule has 10 heteroatoms. The Morgan fingerprint density at radius 2 is 1.47 bits per heavy atom. The molecule has 2 aromatic carbocycles. The minimum atomic E-state index is -5.93. The number of anilines is 1. The van der Waals surface area contributed by atoms with Gasteiger partial charge in [0.1, 0.15) is 11.5 Å². The molecule has 1 heterocycles. The fourth-order valence-electron chi connectivity index (χ4n) is 3.61. The number of aliphatic hydroxyl groups is 1. The number of alkyl halides is 6. The van der Waals surface area contributed by atoms with Gasteiger partial charge in [0.2, 0.25) is 0 Å². The van der Waals surface area contributed by atoms with E-state index in [1.807, 2.05) is 30.3 Å². The van der Waals surface area contributed by atoms with Crippen LogP contribution in [-0.2, 0) is 25.0 Å². The molecule has 0 aliphatic heterocycles. The molecule has 0 radical (unpaired) electrons. The first-order valence-electron chi connectivity index (χ1n) is 10.6. The van der Waals surface area contributed by atoms with E-state index in [0.717, 1.165) is 24.1 Å². The standard InChI is InChI=1S/C24H24F6N2O2/c1-3-32(15-20-16(2)34-21(31-20)14-9-17-7-5-4-6-8-17)19-12-10-18(11-13-19)22(33,23(25,26)27)24(28,29)30/h4-8,10-13,33H,3,9,14-15H2,1-2H3. The lowest BCUT2D eigenvalue weighted by molar-refractivity contribution is -0.376. The topological polar surface area (TPSA) is 49.5 Å². The maximum atomic E-state index is 13.1. The molecule has 0 unspecified atom stereocenters. The van der Waals surface area contributed by atoms with Crippen LogP contribution >= 0.6 is 0 Å². The summed E-state index contributed by atoms with van der Waals surface area (Å²) >= 11 is 0. The number of oxazole rings is 1. The number of rotatable bonds is 8. The first kappa shape index (κ1) is 25.6. The zero-order valence-corrected chi connectivity index (χ0v) is 18.5. The first-order chi connectivity index (χ1) is 15.9. The van der Waals surface area contributed by atoms with Crippen molar-refractivity contribution in [3.8, 4) is 0 Å². The summed E-state index contributed by atoms with van der Waals surface area (Å²) < 4.78 is 84.4. The maximum absolute atomic E-state index is 13.1. The number of aryl methyl sites for hydroxylation is 3. The highest BCUT2D eigenvalue weighted by molar-refractivity contribution is 5.49. The van der Waals surface area contributed by atoms with Crippen LogP contribution in [0.2, 0.25) is 0 Å². The van der Waals surface area contributed by atoms with Crippen LogP contribution in [0.5, 0.6) is 0 Å². The summed E-state index contributed by atoms with van der Waals surface area (Å²) in [6, 6.07) is 13.3. The zero-order chi connectivity index (χ0) is 25.1. The van der Waals surface area contributed by atoms with Gasteiger partial charge in [0.05, 0.1) is 6.54 Å². The SMILES string of the molecule is CCN(Cc1nc(CCc2ccccc2)oc1C)c1ccc(C(O)(C(F)(F)F)C(F)(F)F)cc1. The van der Waals surface area contributed by atoms with Gasteiger partial charge in [0.25, 0.3) is 5.60 Å². The third kappa shape index (κ3) is 5.22. The van der Waals surface area contributed by atoms with Crippen molar-refractivity contribution in [1.29, 1.82) is 0 Å². The monoisotopic (exact) mass is 486 g/mol. The summed E-state index contributed by atoms with van der Waals surface area (Å²) in [7, 11) is 0. The Morgan fingerprint density at radius 1 is 0.882 bits per heavy atom. The summed E-state index contributed by atoms with van der Waals surface area (Å²) in [5.74, 6) is 1.13. The molecule has 0 fully saturated rings. The smallest absolute Gasteiger partial charge is 0.430 e. The summed E-state index contributed by atoms with van der Waals surface area (Å²) in [6.45, 7) is 4.20. The number of hydrogen-bond acceptors (Lipinski definition) is 4. The van der Waals surface area contributed by atoms with Gasteiger partial charge in [-0.3, -0.25) is 0 Å². The van der Waals surface area contributed by atoms with Gasteiger partial charge in [-0.1, -0.05) is 42.5 Å². The molecule has 34 heavy (non-hydrogen) atoms. The normalized spacial score (nSPS) is 12.7. The van der Waals surface area contributed by atoms with E-state index in [9.17, 15) is 31.4 Å². The third-order valence-corrected chi connectivity index (χ3v) is 5.60. The van der Waals surface area contributed by atoms with Gasteiger partial charge in [-0.25, -0.2) is 4.98 Å². The Bertz CT molecular complexity index is 1060. The molecule has 3 aromatic rings. The highest BCUT2D eigenvalue weighted by Crippen LogP contribution is 2.50. The number of nitrogens with zero attached hydrogens (tertiary/aromatic N) is 2. The third-order valence-electron chi connectivity index (χ3n) is 5.60. The maximum Gasteiger partial charge on any atom is 0.430 e. The molecule has 0 aliphatic rings. The number of aromatic nitrogens is 1. The van der Waals surface area contributed by atoms with Crippen molar-refractivity contribution in [2.45, 2.75) is 51.2 Å². The molecule has 0 spiro atoms. The van der Waals surface area contributed by atoms with Gasteiger partial charge in [-0.15, -0.1) is 0 Å². The van der Waals surface area contributed by atoms with Crippen molar-refractivity contribution in [1.82, 2.24) is 4.98 Å². The van der Waals surface area contributed by atoms with E-state index < -0.39 is 23.5 Å². The average Bonchev–Trinajstić information content (AvgIpc) is 3.14. The largest absolute Gasteiger partial charge is 0.446 e. The summed E-state index contributed by atoms with van der Waals surface area (Å²) in [4.78, 5) is 6.25. The van der Waals surface area contributed by atoms with E-state index in [0.29, 0.717) is 48.1 Å². The van der Waals surface area contributed by atoms with Crippen molar-refractivity contribution < 1.29 is 35.9 Å². The molecule has 3 rings (SSSR count). The van der Waals surface area contributed by atoms with Gasteiger partial charge in [-0.05, 0) is 38.0 Å². The highest BCUT2D eigenvalue weighted by atomic mass is 19.4. The molecular formula is C24H24F6N2O2. The van der Waals surface area contributed by atoms with Crippen LogP contribution in [-0.4, -0.2) is 29.0 Å². The average molecular weight is 486 g/mol. The molecule has 1 N–H and O–H groups in total. The van der Waals surface area contributed by atoms with Crippen molar-refractivity contribution in [3.63, 3.8) is 0 Å². The molecule has 0 amide bonds. The van der Waals surface area contributed by atoms with E-state index in [-0.39, 0.29) is 6.54 Å². The first-order valence-corrected chi connectivity index (χ1v) is 10.6. The van der Waals surface area contributed by atoms with Gasteiger partial charge in [0.15, 0.2) is 5.89 Å². The Morgan fingerprint density at radius 3 is 2.00 bits per heavy atom. The van der Waals surface area contributed by atoms with Crippen molar-refractivity contribution in [2.75, 3.05) is 11.4 Å². The van der Waals surface area contributed by atoms with Crippen LogP contribution in [0.3, 0.4) is 0 Å². The number of halogens is 6.